The Morgan fingerprint density at radius 2 is 2.16 bits per heavy atom. The molecule has 3 rings (SSSR count). The highest BCUT2D eigenvalue weighted by molar-refractivity contribution is 7.21. The molecule has 1 aromatic heterocycles. The molecular formula is C17H20N2O5S. The van der Waals surface area contributed by atoms with Crippen LogP contribution in [0.2, 0.25) is 0 Å². The summed E-state index contributed by atoms with van der Waals surface area (Å²) in [4.78, 5) is 26.6. The van der Waals surface area contributed by atoms with Gasteiger partial charge in [0.25, 0.3) is 0 Å². The lowest BCUT2D eigenvalue weighted by molar-refractivity contribution is -0.00246. The van der Waals surface area contributed by atoms with E-state index in [9.17, 15) is 19.8 Å². The van der Waals surface area contributed by atoms with Gasteiger partial charge in [-0.3, -0.25) is 0 Å². The number of anilines is 1. The first-order valence-electron chi connectivity index (χ1n) is 8.05. The molecule has 134 valence electrons. The molecule has 1 saturated heterocycles. The summed E-state index contributed by atoms with van der Waals surface area (Å²) in [5, 5.41) is 22.9. The van der Waals surface area contributed by atoms with Crippen molar-refractivity contribution in [2.75, 3.05) is 31.6 Å². The summed E-state index contributed by atoms with van der Waals surface area (Å²) >= 11 is 1.26. The smallest absolute Gasteiger partial charge is 0.350 e. The first-order chi connectivity index (χ1) is 12.0. The summed E-state index contributed by atoms with van der Waals surface area (Å²) in [6.07, 6.45) is 0.312. The van der Waals surface area contributed by atoms with Crippen molar-refractivity contribution in [3.63, 3.8) is 0 Å². The molecule has 1 fully saturated rings. The molecule has 3 N–H and O–H groups in total. The summed E-state index contributed by atoms with van der Waals surface area (Å²) in [5.41, 5.74) is -0.846. The first-order valence-corrected chi connectivity index (χ1v) is 8.87. The van der Waals surface area contributed by atoms with Crippen molar-refractivity contribution < 1.29 is 24.5 Å². The topological polar surface area (TPSA) is 99.1 Å². The third-order valence-electron chi connectivity index (χ3n) is 4.20. The Kier molecular flexibility index (Phi) is 4.94. The molecule has 0 radical (unpaired) electrons. The van der Waals surface area contributed by atoms with Crippen LogP contribution in [-0.4, -0.2) is 59.0 Å². The van der Waals surface area contributed by atoms with Crippen LogP contribution in [0, 0.1) is 0 Å². The molecule has 8 heteroatoms. The second kappa shape index (κ2) is 6.99. The number of hydrogen-bond acceptors (Lipinski definition) is 6. The van der Waals surface area contributed by atoms with E-state index in [1.807, 2.05) is 24.3 Å². The molecule has 2 aromatic rings. The van der Waals surface area contributed by atoms with Crippen molar-refractivity contribution >= 4 is 39.1 Å². The number of benzene rings is 1. The average Bonchev–Trinajstić information content (AvgIpc) is 3.17. The van der Waals surface area contributed by atoms with Crippen LogP contribution in [0.3, 0.4) is 0 Å². The zero-order chi connectivity index (χ0) is 18.0. The molecule has 0 saturated carbocycles. The highest BCUT2D eigenvalue weighted by Gasteiger charge is 2.38. The minimum absolute atomic E-state index is 0.0478. The van der Waals surface area contributed by atoms with Crippen LogP contribution in [0.4, 0.5) is 10.5 Å². The Morgan fingerprint density at radius 1 is 1.40 bits per heavy atom. The van der Waals surface area contributed by atoms with Crippen LogP contribution in [0.1, 0.15) is 23.0 Å². The van der Waals surface area contributed by atoms with Gasteiger partial charge in [-0.1, -0.05) is 18.2 Å². The number of esters is 1. The predicted octanol–water partition coefficient (Wildman–Crippen LogP) is 2.04. The first kappa shape index (κ1) is 17.7. The molecule has 25 heavy (non-hydrogen) atoms. The van der Waals surface area contributed by atoms with Gasteiger partial charge in [-0.15, -0.1) is 11.3 Å². The third-order valence-corrected chi connectivity index (χ3v) is 5.35. The Morgan fingerprint density at radius 3 is 2.84 bits per heavy atom. The number of urea groups is 1. The highest BCUT2D eigenvalue weighted by Crippen LogP contribution is 2.36. The maximum absolute atomic E-state index is 12.6. The second-order valence-electron chi connectivity index (χ2n) is 6.01. The molecule has 1 aliphatic heterocycles. The van der Waals surface area contributed by atoms with E-state index in [0.29, 0.717) is 23.5 Å². The van der Waals surface area contributed by atoms with Gasteiger partial charge in [-0.2, -0.15) is 0 Å². The Balaban J connectivity index is 1.88. The van der Waals surface area contributed by atoms with Crippen LogP contribution in [0.25, 0.3) is 10.1 Å². The Bertz CT molecular complexity index is 805. The fraction of sp³-hybridized carbons (Fsp3) is 0.412. The molecule has 0 bridgehead atoms. The fourth-order valence-corrected chi connectivity index (χ4v) is 3.91. The van der Waals surface area contributed by atoms with Crippen molar-refractivity contribution in [3.05, 3.63) is 29.1 Å². The maximum atomic E-state index is 12.6. The SMILES string of the molecule is CCOC(=O)c1sc2ccccc2c1NC(=O)N1CCC(O)(CO)C1. The van der Waals surface area contributed by atoms with Gasteiger partial charge in [-0.25, -0.2) is 9.59 Å². The fourth-order valence-electron chi connectivity index (χ4n) is 2.85. The minimum atomic E-state index is -1.27. The summed E-state index contributed by atoms with van der Waals surface area (Å²) in [6, 6.07) is 6.98. The number of hydrogen-bond donors (Lipinski definition) is 3. The summed E-state index contributed by atoms with van der Waals surface area (Å²) in [5.74, 6) is -0.479. The number of aliphatic hydroxyl groups excluding tert-OH is 1. The Labute approximate surface area is 148 Å². The van der Waals surface area contributed by atoms with Gasteiger partial charge >= 0.3 is 12.0 Å². The number of thiophene rings is 1. The number of carbonyl (C=O) groups excluding carboxylic acids is 2. The quantitative estimate of drug-likeness (QED) is 0.721. The largest absolute Gasteiger partial charge is 0.462 e. The maximum Gasteiger partial charge on any atom is 0.350 e. The van der Waals surface area contributed by atoms with Gasteiger partial charge in [0.05, 0.1) is 25.4 Å². The van der Waals surface area contributed by atoms with Crippen LogP contribution >= 0.6 is 11.3 Å². The van der Waals surface area contributed by atoms with Gasteiger partial charge in [-0.05, 0) is 19.4 Å². The number of β-amino-alcohol motifs (C(OH)–C–C–N with tert-alkyl or cyclic N) is 1. The molecule has 1 atom stereocenters. The lowest BCUT2D eigenvalue weighted by atomic mass is 10.1. The monoisotopic (exact) mass is 364 g/mol. The van der Waals surface area contributed by atoms with Crippen LogP contribution in [0.15, 0.2) is 24.3 Å². The number of rotatable bonds is 4. The number of fused-ring (bicyclic) bond motifs is 1. The number of nitrogens with one attached hydrogen (secondary N) is 1. The number of carbonyl (C=O) groups is 2. The predicted molar refractivity (Wildman–Crippen MR) is 95.0 cm³/mol. The lowest BCUT2D eigenvalue weighted by Crippen LogP contribution is -2.40. The second-order valence-corrected chi connectivity index (χ2v) is 7.06. The number of aliphatic hydroxyl groups is 2. The van der Waals surface area contributed by atoms with Crippen LogP contribution < -0.4 is 5.32 Å². The summed E-state index contributed by atoms with van der Waals surface area (Å²) in [7, 11) is 0. The number of nitrogens with zero attached hydrogens (tertiary/aromatic N) is 1. The number of likely N-dealkylation sites (tertiary alicyclic amines) is 1. The zero-order valence-corrected chi connectivity index (χ0v) is 14.6. The summed E-state index contributed by atoms with van der Waals surface area (Å²) in [6.45, 7) is 1.96. The van der Waals surface area contributed by atoms with Gasteiger partial charge in [0.1, 0.15) is 10.5 Å². The van der Waals surface area contributed by atoms with E-state index in [4.69, 9.17) is 4.74 Å². The lowest BCUT2D eigenvalue weighted by Gasteiger charge is -2.21. The van der Waals surface area contributed by atoms with Crippen molar-refractivity contribution in [2.45, 2.75) is 18.9 Å². The molecular weight excluding hydrogens is 344 g/mol. The molecule has 1 unspecified atom stereocenters. The normalized spacial score (nSPS) is 20.0. The van der Waals surface area contributed by atoms with Gasteiger partial charge < -0.3 is 25.2 Å². The van der Waals surface area contributed by atoms with Gasteiger partial charge in [0.2, 0.25) is 0 Å². The highest BCUT2D eigenvalue weighted by atomic mass is 32.1. The molecule has 1 aliphatic rings. The molecule has 0 aliphatic carbocycles. The molecule has 2 amide bonds. The van der Waals surface area contributed by atoms with Gasteiger partial charge in [0, 0.05) is 16.6 Å². The van der Waals surface area contributed by atoms with E-state index < -0.39 is 24.2 Å². The van der Waals surface area contributed by atoms with Crippen LogP contribution in [0.5, 0.6) is 0 Å². The van der Waals surface area contributed by atoms with Gasteiger partial charge in [0.15, 0.2) is 0 Å². The molecule has 2 heterocycles. The minimum Gasteiger partial charge on any atom is -0.462 e. The molecule has 1 aromatic carbocycles. The van der Waals surface area contributed by atoms with E-state index in [2.05, 4.69) is 5.32 Å². The van der Waals surface area contributed by atoms with E-state index in [1.54, 1.807) is 6.92 Å². The standard InChI is InChI=1S/C17H20N2O5S/c1-2-24-15(21)14-13(11-5-3-4-6-12(11)25-14)18-16(22)19-8-7-17(23,9-19)10-20/h3-6,20,23H,2,7-10H2,1H3,(H,18,22). The average molecular weight is 364 g/mol. The van der Waals surface area contributed by atoms with E-state index in [1.165, 1.54) is 16.2 Å². The van der Waals surface area contributed by atoms with Crippen molar-refractivity contribution in [2.24, 2.45) is 0 Å². The van der Waals surface area contributed by atoms with E-state index in [0.717, 1.165) is 10.1 Å². The Hall–Kier alpha value is -2.16. The van der Waals surface area contributed by atoms with E-state index >= 15 is 0 Å². The van der Waals surface area contributed by atoms with Crippen molar-refractivity contribution in [1.82, 2.24) is 4.90 Å². The number of ether oxygens (including phenoxy) is 1. The summed E-state index contributed by atoms with van der Waals surface area (Å²) < 4.78 is 5.96. The third kappa shape index (κ3) is 3.46. The van der Waals surface area contributed by atoms with Crippen LogP contribution in [-0.2, 0) is 4.74 Å². The molecule has 0 spiro atoms. The molecule has 7 nitrogen and oxygen atoms in total. The number of amides is 2. The van der Waals surface area contributed by atoms with Crippen molar-refractivity contribution in [1.29, 1.82) is 0 Å². The zero-order valence-electron chi connectivity index (χ0n) is 13.8. The van der Waals surface area contributed by atoms with Crippen molar-refractivity contribution in [3.8, 4) is 0 Å². The van der Waals surface area contributed by atoms with E-state index in [-0.39, 0.29) is 13.2 Å².